The van der Waals surface area contributed by atoms with Gasteiger partial charge in [-0.3, -0.25) is 0 Å². The highest BCUT2D eigenvalue weighted by Gasteiger charge is 2.27. The quantitative estimate of drug-likeness (QED) is 0.619. The van der Waals surface area contributed by atoms with Crippen LogP contribution < -0.4 is 10.4 Å². The third-order valence-corrected chi connectivity index (χ3v) is 6.52. The summed E-state index contributed by atoms with van der Waals surface area (Å²) < 4.78 is 47.6. The van der Waals surface area contributed by atoms with Crippen LogP contribution in [0.3, 0.4) is 0 Å². The smallest absolute Gasteiger partial charge is 0.350 e. The normalized spacial score (nSPS) is 15.3. The largest absolute Gasteiger partial charge is 0.492 e. The fourth-order valence-corrected chi connectivity index (χ4v) is 4.67. The molecular formula is C18H19FN4O4S. The van der Waals surface area contributed by atoms with Crippen molar-refractivity contribution < 1.29 is 17.5 Å². The number of sulfonamides is 1. The summed E-state index contributed by atoms with van der Waals surface area (Å²) in [5.74, 6) is 0.126. The highest BCUT2D eigenvalue weighted by Crippen LogP contribution is 2.20. The van der Waals surface area contributed by atoms with E-state index >= 15 is 0 Å². The Balaban J connectivity index is 1.53. The van der Waals surface area contributed by atoms with Gasteiger partial charge in [0.05, 0.1) is 11.4 Å². The molecule has 4 rings (SSSR count). The molecule has 1 aliphatic heterocycles. The van der Waals surface area contributed by atoms with Gasteiger partial charge in [-0.25, -0.2) is 26.7 Å². The Kier molecular flexibility index (Phi) is 4.90. The van der Waals surface area contributed by atoms with E-state index in [-0.39, 0.29) is 23.9 Å². The van der Waals surface area contributed by atoms with E-state index in [0.717, 1.165) is 12.8 Å². The van der Waals surface area contributed by atoms with E-state index in [1.807, 2.05) is 0 Å². The number of hydrogen-bond acceptors (Lipinski definition) is 5. The zero-order chi connectivity index (χ0) is 19.7. The highest BCUT2D eigenvalue weighted by molar-refractivity contribution is 7.89. The summed E-state index contributed by atoms with van der Waals surface area (Å²) in [5.41, 5.74) is -0.0941. The number of pyridine rings is 1. The molecule has 1 saturated heterocycles. The number of nitrogens with zero attached hydrogens (tertiary/aromatic N) is 4. The molecule has 0 saturated carbocycles. The van der Waals surface area contributed by atoms with Crippen LogP contribution in [0, 0.1) is 5.82 Å². The molecule has 3 heterocycles. The first-order chi connectivity index (χ1) is 13.4. The fraction of sp³-hybridized carbons (Fsp3) is 0.333. The number of ether oxygens (including phenoxy) is 1. The number of halogens is 1. The van der Waals surface area contributed by atoms with E-state index in [2.05, 4.69) is 5.10 Å². The van der Waals surface area contributed by atoms with E-state index in [9.17, 15) is 17.6 Å². The molecule has 0 unspecified atom stereocenters. The van der Waals surface area contributed by atoms with Crippen molar-refractivity contribution in [2.75, 3.05) is 19.7 Å². The molecule has 1 aromatic carbocycles. The first-order valence-electron chi connectivity index (χ1n) is 8.93. The summed E-state index contributed by atoms with van der Waals surface area (Å²) in [5, 5.41) is 4.20. The van der Waals surface area contributed by atoms with Crippen LogP contribution in [0.4, 0.5) is 4.39 Å². The van der Waals surface area contributed by atoms with Crippen LogP contribution in [0.1, 0.15) is 12.8 Å². The molecule has 0 amide bonds. The van der Waals surface area contributed by atoms with Gasteiger partial charge in [0, 0.05) is 19.3 Å². The molecule has 0 atom stereocenters. The van der Waals surface area contributed by atoms with Crippen LogP contribution in [-0.2, 0) is 16.6 Å². The second kappa shape index (κ2) is 7.36. The molecule has 8 nitrogen and oxygen atoms in total. The summed E-state index contributed by atoms with van der Waals surface area (Å²) in [6, 6.07) is 8.55. The Morgan fingerprint density at radius 3 is 2.50 bits per heavy atom. The van der Waals surface area contributed by atoms with Gasteiger partial charge in [0.15, 0.2) is 5.65 Å². The van der Waals surface area contributed by atoms with Crippen LogP contribution >= 0.6 is 0 Å². The van der Waals surface area contributed by atoms with Gasteiger partial charge in [0.1, 0.15) is 18.2 Å². The zero-order valence-corrected chi connectivity index (χ0v) is 15.8. The lowest BCUT2D eigenvalue weighted by Gasteiger charge is -2.15. The average Bonchev–Trinajstić information content (AvgIpc) is 3.33. The minimum atomic E-state index is -3.61. The standard InChI is InChI=1S/C18H19FN4O4S/c19-14-3-5-15(6-4-14)27-12-11-23-18(24)22-13-16(7-8-17(22)20-23)28(25,26)21-9-1-2-10-21/h3-8,13H,1-2,9-12H2. The van der Waals surface area contributed by atoms with E-state index < -0.39 is 15.7 Å². The van der Waals surface area contributed by atoms with Crippen molar-refractivity contribution in [1.29, 1.82) is 0 Å². The van der Waals surface area contributed by atoms with Crippen LogP contribution in [0.2, 0.25) is 0 Å². The Hall–Kier alpha value is -2.72. The van der Waals surface area contributed by atoms with Crippen molar-refractivity contribution in [3.63, 3.8) is 0 Å². The van der Waals surface area contributed by atoms with Crippen molar-refractivity contribution in [1.82, 2.24) is 18.5 Å². The highest BCUT2D eigenvalue weighted by atomic mass is 32.2. The maximum absolute atomic E-state index is 12.9. The minimum absolute atomic E-state index is 0.0751. The molecule has 28 heavy (non-hydrogen) atoms. The molecule has 0 N–H and O–H groups in total. The summed E-state index contributed by atoms with van der Waals surface area (Å²) in [6.45, 7) is 1.32. The van der Waals surface area contributed by atoms with Gasteiger partial charge in [-0.05, 0) is 49.2 Å². The van der Waals surface area contributed by atoms with Crippen molar-refractivity contribution in [3.8, 4) is 5.75 Å². The van der Waals surface area contributed by atoms with Crippen molar-refractivity contribution in [3.05, 3.63) is 58.9 Å². The number of aromatic nitrogens is 3. The topological polar surface area (TPSA) is 85.9 Å². The van der Waals surface area contributed by atoms with E-state index in [4.69, 9.17) is 4.74 Å². The Labute approximate surface area is 160 Å². The minimum Gasteiger partial charge on any atom is -0.492 e. The van der Waals surface area contributed by atoms with Gasteiger partial charge < -0.3 is 4.74 Å². The number of benzene rings is 1. The molecule has 0 spiro atoms. The average molecular weight is 406 g/mol. The molecule has 0 bridgehead atoms. The summed E-state index contributed by atoms with van der Waals surface area (Å²) in [4.78, 5) is 12.6. The zero-order valence-electron chi connectivity index (χ0n) is 15.0. The van der Waals surface area contributed by atoms with Gasteiger partial charge in [0.2, 0.25) is 10.0 Å². The molecule has 0 radical (unpaired) electrons. The van der Waals surface area contributed by atoms with Gasteiger partial charge in [-0.2, -0.15) is 4.31 Å². The summed E-state index contributed by atoms with van der Waals surface area (Å²) in [7, 11) is -3.61. The van der Waals surface area contributed by atoms with Crippen LogP contribution in [0.25, 0.3) is 5.65 Å². The predicted molar refractivity (Wildman–Crippen MR) is 99.3 cm³/mol. The molecular weight excluding hydrogens is 387 g/mol. The SMILES string of the molecule is O=c1n(CCOc2ccc(F)cc2)nc2ccc(S(=O)(=O)N3CCCC3)cn12. The molecule has 10 heteroatoms. The molecule has 3 aromatic rings. The second-order valence-electron chi connectivity index (χ2n) is 6.51. The Morgan fingerprint density at radius 2 is 1.79 bits per heavy atom. The van der Waals surface area contributed by atoms with E-state index in [1.54, 1.807) is 0 Å². The van der Waals surface area contributed by atoms with Gasteiger partial charge in [-0.15, -0.1) is 5.10 Å². The van der Waals surface area contributed by atoms with Crippen molar-refractivity contribution >= 4 is 15.7 Å². The monoisotopic (exact) mass is 406 g/mol. The van der Waals surface area contributed by atoms with Gasteiger partial charge in [0.25, 0.3) is 0 Å². The lowest BCUT2D eigenvalue weighted by molar-refractivity contribution is 0.288. The Morgan fingerprint density at radius 1 is 1.07 bits per heavy atom. The molecule has 2 aromatic heterocycles. The first-order valence-corrected chi connectivity index (χ1v) is 10.4. The van der Waals surface area contributed by atoms with E-state index in [0.29, 0.717) is 24.5 Å². The van der Waals surface area contributed by atoms with Gasteiger partial charge in [-0.1, -0.05) is 0 Å². The van der Waals surface area contributed by atoms with Crippen molar-refractivity contribution in [2.24, 2.45) is 0 Å². The number of fused-ring (bicyclic) bond motifs is 1. The van der Waals surface area contributed by atoms with Crippen LogP contribution in [-0.4, -0.2) is 46.6 Å². The lowest BCUT2D eigenvalue weighted by Crippen LogP contribution is -2.28. The molecule has 1 fully saturated rings. The molecule has 148 valence electrons. The van der Waals surface area contributed by atoms with Gasteiger partial charge >= 0.3 is 5.69 Å². The fourth-order valence-electron chi connectivity index (χ4n) is 3.16. The predicted octanol–water partition coefficient (Wildman–Crippen LogP) is 1.50. The third kappa shape index (κ3) is 3.52. The lowest BCUT2D eigenvalue weighted by atomic mass is 10.3. The maximum Gasteiger partial charge on any atom is 0.350 e. The second-order valence-corrected chi connectivity index (χ2v) is 8.45. The molecule has 0 aliphatic carbocycles. The summed E-state index contributed by atoms with van der Waals surface area (Å²) >= 11 is 0. The van der Waals surface area contributed by atoms with Crippen molar-refractivity contribution in [2.45, 2.75) is 24.3 Å². The first kappa shape index (κ1) is 18.6. The summed E-state index contributed by atoms with van der Waals surface area (Å²) in [6.07, 6.45) is 3.00. The van der Waals surface area contributed by atoms with Crippen LogP contribution in [0.5, 0.6) is 5.75 Å². The number of rotatable bonds is 6. The third-order valence-electron chi connectivity index (χ3n) is 4.64. The molecule has 1 aliphatic rings. The maximum atomic E-state index is 12.9. The number of hydrogen-bond donors (Lipinski definition) is 0. The van der Waals surface area contributed by atoms with Crippen LogP contribution in [0.15, 0.2) is 52.3 Å². The van der Waals surface area contributed by atoms with E-state index in [1.165, 1.54) is 56.0 Å². The Bertz CT molecular complexity index is 1150.